The Morgan fingerprint density at radius 3 is 2.61 bits per heavy atom. The molecular formula is C14H19N5O4. The highest BCUT2D eigenvalue weighted by Crippen LogP contribution is 2.22. The van der Waals surface area contributed by atoms with Gasteiger partial charge in [0.1, 0.15) is 25.2 Å². The van der Waals surface area contributed by atoms with Crippen molar-refractivity contribution < 1.29 is 19.1 Å². The van der Waals surface area contributed by atoms with E-state index in [0.717, 1.165) is 6.42 Å². The topological polar surface area (TPSA) is 99.4 Å². The number of carbonyl (C=O) groups excluding carboxylic acids is 2. The van der Waals surface area contributed by atoms with Crippen molar-refractivity contribution in [2.45, 2.75) is 19.9 Å². The minimum Gasteiger partial charge on any atom is -0.468 e. The molecule has 0 unspecified atom stereocenters. The number of carbonyl (C=O) groups is 2. The molecule has 0 aliphatic rings. The van der Waals surface area contributed by atoms with Crippen molar-refractivity contribution in [3.05, 3.63) is 12.5 Å². The van der Waals surface area contributed by atoms with Crippen LogP contribution in [0.5, 0.6) is 0 Å². The van der Waals surface area contributed by atoms with Gasteiger partial charge in [-0.15, -0.1) is 0 Å². The average molecular weight is 321 g/mol. The first-order chi connectivity index (χ1) is 11.1. The van der Waals surface area contributed by atoms with Crippen LogP contribution < -0.4 is 4.90 Å². The highest BCUT2D eigenvalue weighted by atomic mass is 16.5. The first-order valence-electron chi connectivity index (χ1n) is 7.15. The zero-order valence-electron chi connectivity index (χ0n) is 13.4. The molecule has 0 saturated heterocycles. The second-order valence-corrected chi connectivity index (χ2v) is 4.81. The van der Waals surface area contributed by atoms with Crippen LogP contribution in [0.4, 0.5) is 5.82 Å². The maximum Gasteiger partial charge on any atom is 0.327 e. The monoisotopic (exact) mass is 321 g/mol. The molecule has 0 aliphatic heterocycles. The van der Waals surface area contributed by atoms with Crippen LogP contribution in [0.1, 0.15) is 13.3 Å². The molecule has 2 heterocycles. The number of esters is 2. The lowest BCUT2D eigenvalue weighted by Gasteiger charge is -2.22. The van der Waals surface area contributed by atoms with Gasteiger partial charge in [-0.25, -0.2) is 14.6 Å². The van der Waals surface area contributed by atoms with Gasteiger partial charge in [0, 0.05) is 6.54 Å². The van der Waals surface area contributed by atoms with Gasteiger partial charge < -0.3 is 14.4 Å². The summed E-state index contributed by atoms with van der Waals surface area (Å²) >= 11 is 0. The maximum atomic E-state index is 11.6. The Bertz CT molecular complexity index is 700. The van der Waals surface area contributed by atoms with E-state index in [4.69, 9.17) is 4.74 Å². The van der Waals surface area contributed by atoms with E-state index in [9.17, 15) is 9.59 Å². The third-order valence-electron chi connectivity index (χ3n) is 3.26. The van der Waals surface area contributed by atoms with E-state index < -0.39 is 5.97 Å². The number of ether oxygens (including phenoxy) is 2. The van der Waals surface area contributed by atoms with Gasteiger partial charge in [-0.3, -0.25) is 9.59 Å². The summed E-state index contributed by atoms with van der Waals surface area (Å²) in [6, 6.07) is 0. The van der Waals surface area contributed by atoms with Crippen molar-refractivity contribution >= 4 is 28.8 Å². The number of anilines is 1. The Hall–Kier alpha value is -2.71. The molecule has 23 heavy (non-hydrogen) atoms. The van der Waals surface area contributed by atoms with Gasteiger partial charge in [-0.2, -0.15) is 5.10 Å². The molecule has 124 valence electrons. The first kappa shape index (κ1) is 16.7. The Morgan fingerprint density at radius 2 is 1.96 bits per heavy atom. The lowest BCUT2D eigenvalue weighted by atomic mass is 10.3. The van der Waals surface area contributed by atoms with Crippen LogP contribution in [0.3, 0.4) is 0 Å². The van der Waals surface area contributed by atoms with Gasteiger partial charge in [-0.1, -0.05) is 6.92 Å². The van der Waals surface area contributed by atoms with Gasteiger partial charge in [0.25, 0.3) is 0 Å². The molecule has 0 amide bonds. The fourth-order valence-corrected chi connectivity index (χ4v) is 2.19. The zero-order valence-corrected chi connectivity index (χ0v) is 13.4. The summed E-state index contributed by atoms with van der Waals surface area (Å²) in [5.74, 6) is -0.194. The average Bonchev–Trinajstić information content (AvgIpc) is 2.97. The third-order valence-corrected chi connectivity index (χ3v) is 3.26. The van der Waals surface area contributed by atoms with Gasteiger partial charge in [0.15, 0.2) is 5.65 Å². The molecule has 0 bridgehead atoms. The third kappa shape index (κ3) is 3.74. The normalized spacial score (nSPS) is 10.6. The molecule has 9 nitrogen and oxygen atoms in total. The summed E-state index contributed by atoms with van der Waals surface area (Å²) < 4.78 is 10.8. The summed E-state index contributed by atoms with van der Waals surface area (Å²) in [5, 5.41) is 4.82. The predicted molar refractivity (Wildman–Crippen MR) is 81.9 cm³/mol. The van der Waals surface area contributed by atoms with E-state index in [-0.39, 0.29) is 19.1 Å². The molecular weight excluding hydrogens is 302 g/mol. The largest absolute Gasteiger partial charge is 0.468 e. The molecule has 0 saturated carbocycles. The van der Waals surface area contributed by atoms with Crippen LogP contribution in [-0.2, 0) is 25.6 Å². The van der Waals surface area contributed by atoms with Crippen molar-refractivity contribution in [1.29, 1.82) is 0 Å². The number of aromatic nitrogens is 4. The Kier molecular flexibility index (Phi) is 5.45. The van der Waals surface area contributed by atoms with E-state index in [1.165, 1.54) is 25.2 Å². The lowest BCUT2D eigenvalue weighted by molar-refractivity contribution is -0.141. The van der Waals surface area contributed by atoms with E-state index in [1.807, 2.05) is 6.92 Å². The predicted octanol–water partition coefficient (Wildman–Crippen LogP) is 0.389. The van der Waals surface area contributed by atoms with Crippen molar-refractivity contribution in [2.75, 3.05) is 32.2 Å². The lowest BCUT2D eigenvalue weighted by Crippen LogP contribution is -2.32. The zero-order chi connectivity index (χ0) is 16.8. The smallest absolute Gasteiger partial charge is 0.327 e. The molecule has 2 rings (SSSR count). The number of hydrogen-bond acceptors (Lipinski definition) is 8. The van der Waals surface area contributed by atoms with Crippen LogP contribution in [-0.4, -0.2) is 59.0 Å². The van der Waals surface area contributed by atoms with Gasteiger partial charge in [0.05, 0.1) is 25.8 Å². The molecule has 0 aliphatic carbocycles. The van der Waals surface area contributed by atoms with Crippen molar-refractivity contribution in [1.82, 2.24) is 19.7 Å². The minimum atomic E-state index is -0.421. The maximum absolute atomic E-state index is 11.6. The summed E-state index contributed by atoms with van der Waals surface area (Å²) in [7, 11) is 2.66. The molecule has 0 N–H and O–H groups in total. The standard InChI is InChI=1S/C14H19N5O4/c1-4-5-18(7-11(20)22-2)13-10-6-17-19(8-12(21)23-3)14(10)16-9-15-13/h6,9H,4-5,7-8H2,1-3H3. The molecule has 2 aromatic heterocycles. The fourth-order valence-electron chi connectivity index (χ4n) is 2.19. The van der Waals surface area contributed by atoms with E-state index in [0.29, 0.717) is 23.4 Å². The quantitative estimate of drug-likeness (QED) is 0.675. The number of methoxy groups -OCH3 is 2. The van der Waals surface area contributed by atoms with Crippen LogP contribution in [0.25, 0.3) is 11.0 Å². The summed E-state index contributed by atoms with van der Waals surface area (Å²) in [6.45, 7) is 2.67. The number of rotatable bonds is 7. The van der Waals surface area contributed by atoms with E-state index in [1.54, 1.807) is 11.1 Å². The highest BCUT2D eigenvalue weighted by molar-refractivity contribution is 5.89. The SMILES string of the molecule is CCCN(CC(=O)OC)c1ncnc2c1cnn2CC(=O)OC. The minimum absolute atomic E-state index is 0.0404. The second-order valence-electron chi connectivity index (χ2n) is 4.81. The number of hydrogen-bond donors (Lipinski definition) is 0. The number of nitrogens with zero attached hydrogens (tertiary/aromatic N) is 5. The Balaban J connectivity index is 2.39. The second kappa shape index (κ2) is 7.52. The molecule has 0 aromatic carbocycles. The van der Waals surface area contributed by atoms with Gasteiger partial charge in [-0.05, 0) is 6.42 Å². The van der Waals surface area contributed by atoms with Crippen molar-refractivity contribution in [3.63, 3.8) is 0 Å². The molecule has 0 spiro atoms. The summed E-state index contributed by atoms with van der Waals surface area (Å²) in [4.78, 5) is 33.3. The van der Waals surface area contributed by atoms with Gasteiger partial charge in [0.2, 0.25) is 0 Å². The van der Waals surface area contributed by atoms with Crippen molar-refractivity contribution in [3.8, 4) is 0 Å². The highest BCUT2D eigenvalue weighted by Gasteiger charge is 2.18. The summed E-state index contributed by atoms with van der Waals surface area (Å²) in [5.41, 5.74) is 0.506. The van der Waals surface area contributed by atoms with Crippen LogP contribution in [0, 0.1) is 0 Å². The van der Waals surface area contributed by atoms with E-state index >= 15 is 0 Å². The molecule has 2 aromatic rings. The number of fused-ring (bicyclic) bond motifs is 1. The van der Waals surface area contributed by atoms with Crippen molar-refractivity contribution in [2.24, 2.45) is 0 Å². The molecule has 9 heteroatoms. The van der Waals surface area contributed by atoms with Crippen LogP contribution in [0.15, 0.2) is 12.5 Å². The molecule has 0 radical (unpaired) electrons. The van der Waals surface area contributed by atoms with Crippen LogP contribution in [0.2, 0.25) is 0 Å². The van der Waals surface area contributed by atoms with E-state index in [2.05, 4.69) is 19.8 Å². The Morgan fingerprint density at radius 1 is 1.22 bits per heavy atom. The summed E-state index contributed by atoms with van der Waals surface area (Å²) in [6.07, 6.45) is 3.79. The Labute approximate surface area is 133 Å². The first-order valence-corrected chi connectivity index (χ1v) is 7.15. The van der Waals surface area contributed by atoms with Crippen LogP contribution >= 0.6 is 0 Å². The van der Waals surface area contributed by atoms with Gasteiger partial charge >= 0.3 is 11.9 Å². The fraction of sp³-hybridized carbons (Fsp3) is 0.500. The molecule has 0 atom stereocenters. The molecule has 0 fully saturated rings.